The smallest absolute Gasteiger partial charge is 0.262 e. The van der Waals surface area contributed by atoms with Gasteiger partial charge in [-0.1, -0.05) is 39.7 Å². The predicted octanol–water partition coefficient (Wildman–Crippen LogP) is 3.19. The average molecular weight is 379 g/mol. The molecule has 0 saturated carbocycles. The number of aliphatic imine (C=N–C) groups is 1. The van der Waals surface area contributed by atoms with E-state index in [1.807, 2.05) is 25.1 Å². The molecule has 6 heteroatoms. The summed E-state index contributed by atoms with van der Waals surface area (Å²) < 4.78 is 28.4. The Balaban J connectivity index is 1.81. The lowest BCUT2D eigenvalue weighted by Crippen LogP contribution is -2.33. The molecule has 2 aromatic rings. The first kappa shape index (κ1) is 15.2. The molecule has 0 radical (unpaired) electrons. The van der Waals surface area contributed by atoms with Crippen molar-refractivity contribution in [3.8, 4) is 0 Å². The van der Waals surface area contributed by atoms with E-state index in [0.29, 0.717) is 18.8 Å². The van der Waals surface area contributed by atoms with Gasteiger partial charge in [0.1, 0.15) is 5.84 Å². The molecule has 0 aromatic heterocycles. The molecule has 0 fully saturated rings. The van der Waals surface area contributed by atoms with Gasteiger partial charge >= 0.3 is 0 Å². The summed E-state index contributed by atoms with van der Waals surface area (Å²) in [6, 6.07) is 12.7. The number of benzene rings is 2. The van der Waals surface area contributed by atoms with Gasteiger partial charge in [-0.3, -0.25) is 9.71 Å². The first-order chi connectivity index (χ1) is 10.4. The van der Waals surface area contributed by atoms with Crippen molar-refractivity contribution in [2.45, 2.75) is 24.8 Å². The van der Waals surface area contributed by atoms with Crippen molar-refractivity contribution in [3.63, 3.8) is 0 Å². The summed E-state index contributed by atoms with van der Waals surface area (Å²) in [6.45, 7) is 2.41. The number of amidine groups is 1. The first-order valence-corrected chi connectivity index (χ1v) is 9.12. The summed E-state index contributed by atoms with van der Waals surface area (Å²) >= 11 is 3.43. The summed E-state index contributed by atoms with van der Waals surface area (Å²) in [6.07, 6.45) is 0.494. The van der Waals surface area contributed by atoms with E-state index in [-0.39, 0.29) is 4.90 Å². The Kier molecular flexibility index (Phi) is 4.06. The number of rotatable bonds is 2. The molecule has 114 valence electrons. The molecule has 1 N–H and O–H groups in total. The molecule has 0 bridgehead atoms. The third-order valence-electron chi connectivity index (χ3n) is 3.55. The zero-order valence-corrected chi connectivity index (χ0v) is 14.4. The fourth-order valence-corrected chi connectivity index (χ4v) is 3.80. The number of hydrogen-bond acceptors (Lipinski definition) is 3. The quantitative estimate of drug-likeness (QED) is 0.871. The van der Waals surface area contributed by atoms with Crippen molar-refractivity contribution in [1.29, 1.82) is 0 Å². The SMILES string of the molecule is Cc1ccc(S(=O)(=O)NC2=NCc3cc(Br)ccc3C2)cc1. The van der Waals surface area contributed by atoms with Crippen molar-refractivity contribution in [1.82, 2.24) is 4.72 Å². The van der Waals surface area contributed by atoms with Crippen LogP contribution in [0.25, 0.3) is 0 Å². The number of nitrogens with zero attached hydrogens (tertiary/aromatic N) is 1. The Morgan fingerprint density at radius 2 is 1.82 bits per heavy atom. The predicted molar refractivity (Wildman–Crippen MR) is 90.5 cm³/mol. The molecule has 4 nitrogen and oxygen atoms in total. The highest BCUT2D eigenvalue weighted by molar-refractivity contribution is 9.10. The van der Waals surface area contributed by atoms with Crippen LogP contribution in [-0.4, -0.2) is 14.3 Å². The van der Waals surface area contributed by atoms with Crippen LogP contribution in [0.4, 0.5) is 0 Å². The first-order valence-electron chi connectivity index (χ1n) is 6.84. The van der Waals surface area contributed by atoms with E-state index in [4.69, 9.17) is 0 Å². The van der Waals surface area contributed by atoms with E-state index in [1.54, 1.807) is 24.3 Å². The molecule has 1 aliphatic rings. The third kappa shape index (κ3) is 3.23. The van der Waals surface area contributed by atoms with Crippen molar-refractivity contribution < 1.29 is 8.42 Å². The van der Waals surface area contributed by atoms with Crippen LogP contribution in [0.2, 0.25) is 0 Å². The van der Waals surface area contributed by atoms with Crippen molar-refractivity contribution >= 4 is 31.8 Å². The van der Waals surface area contributed by atoms with E-state index in [2.05, 4.69) is 25.6 Å². The Hall–Kier alpha value is -1.66. The van der Waals surface area contributed by atoms with E-state index in [9.17, 15) is 8.42 Å². The molecular weight excluding hydrogens is 364 g/mol. The Labute approximate surface area is 138 Å². The maximum absolute atomic E-state index is 12.4. The Morgan fingerprint density at radius 3 is 2.55 bits per heavy atom. The lowest BCUT2D eigenvalue weighted by atomic mass is 10.0. The number of aryl methyl sites for hydroxylation is 1. The van der Waals surface area contributed by atoms with Crippen LogP contribution in [0.15, 0.2) is 56.8 Å². The van der Waals surface area contributed by atoms with Gasteiger partial charge in [-0.25, -0.2) is 8.42 Å². The Morgan fingerprint density at radius 1 is 1.09 bits per heavy atom. The van der Waals surface area contributed by atoms with E-state index < -0.39 is 10.0 Å². The molecule has 0 amide bonds. The highest BCUT2D eigenvalue weighted by Crippen LogP contribution is 2.21. The maximum Gasteiger partial charge on any atom is 0.262 e. The van der Waals surface area contributed by atoms with Crippen molar-refractivity contribution in [2.24, 2.45) is 4.99 Å². The van der Waals surface area contributed by atoms with Gasteiger partial charge in [-0.2, -0.15) is 0 Å². The monoisotopic (exact) mass is 378 g/mol. The Bertz CT molecular complexity index is 843. The van der Waals surface area contributed by atoms with Gasteiger partial charge in [0.15, 0.2) is 0 Å². The molecule has 0 aliphatic carbocycles. The standard InChI is InChI=1S/C16H15BrN2O2S/c1-11-2-6-15(7-3-11)22(20,21)19-16-9-12-4-5-14(17)8-13(12)10-18-16/h2-8H,9-10H2,1H3,(H,18,19). The molecular formula is C16H15BrN2O2S. The summed E-state index contributed by atoms with van der Waals surface area (Å²) in [4.78, 5) is 4.60. The molecule has 2 aromatic carbocycles. The van der Waals surface area contributed by atoms with Crippen LogP contribution in [0.3, 0.4) is 0 Å². The van der Waals surface area contributed by atoms with Gasteiger partial charge in [-0.15, -0.1) is 0 Å². The number of halogens is 1. The second-order valence-corrected chi connectivity index (χ2v) is 7.87. The van der Waals surface area contributed by atoms with E-state index in [0.717, 1.165) is 21.2 Å². The molecule has 22 heavy (non-hydrogen) atoms. The summed E-state index contributed by atoms with van der Waals surface area (Å²) in [5.74, 6) is 0.482. The van der Waals surface area contributed by atoms with Crippen LogP contribution in [0, 0.1) is 6.92 Å². The normalized spacial score (nSPS) is 14.2. The van der Waals surface area contributed by atoms with Gasteiger partial charge in [0.2, 0.25) is 0 Å². The van der Waals surface area contributed by atoms with Crippen LogP contribution < -0.4 is 4.72 Å². The highest BCUT2D eigenvalue weighted by atomic mass is 79.9. The summed E-state index contributed by atoms with van der Waals surface area (Å²) in [5, 5.41) is 0. The largest absolute Gasteiger partial charge is 0.267 e. The van der Waals surface area contributed by atoms with Crippen molar-refractivity contribution in [2.75, 3.05) is 0 Å². The zero-order chi connectivity index (χ0) is 15.7. The highest BCUT2D eigenvalue weighted by Gasteiger charge is 2.19. The van der Waals surface area contributed by atoms with Crippen LogP contribution in [0.5, 0.6) is 0 Å². The fraction of sp³-hybridized carbons (Fsp3) is 0.188. The van der Waals surface area contributed by atoms with Gasteiger partial charge in [-0.05, 0) is 42.3 Å². The molecule has 0 atom stereocenters. The van der Waals surface area contributed by atoms with Gasteiger partial charge in [0, 0.05) is 10.9 Å². The maximum atomic E-state index is 12.4. The second kappa shape index (κ2) is 5.85. The molecule has 0 saturated heterocycles. The topological polar surface area (TPSA) is 58.5 Å². The molecule has 1 aliphatic heterocycles. The minimum absolute atomic E-state index is 0.252. The summed E-state index contributed by atoms with van der Waals surface area (Å²) in [7, 11) is -3.58. The number of fused-ring (bicyclic) bond motifs is 1. The van der Waals surface area contributed by atoms with E-state index >= 15 is 0 Å². The summed E-state index contributed by atoms with van der Waals surface area (Å²) in [5.41, 5.74) is 3.24. The van der Waals surface area contributed by atoms with Crippen LogP contribution >= 0.6 is 15.9 Å². The number of nitrogens with one attached hydrogen (secondary N) is 1. The van der Waals surface area contributed by atoms with E-state index in [1.165, 1.54) is 0 Å². The number of sulfonamides is 1. The van der Waals surface area contributed by atoms with Crippen LogP contribution in [0.1, 0.15) is 16.7 Å². The molecule has 3 rings (SSSR count). The molecule has 1 heterocycles. The lowest BCUT2D eigenvalue weighted by Gasteiger charge is -2.18. The lowest BCUT2D eigenvalue weighted by molar-refractivity contribution is 0.592. The van der Waals surface area contributed by atoms with Crippen LogP contribution in [-0.2, 0) is 23.0 Å². The van der Waals surface area contributed by atoms with Crippen molar-refractivity contribution in [3.05, 3.63) is 63.6 Å². The third-order valence-corrected chi connectivity index (χ3v) is 5.44. The zero-order valence-electron chi connectivity index (χ0n) is 12.0. The molecule has 0 unspecified atom stereocenters. The second-order valence-electron chi connectivity index (χ2n) is 5.27. The fourth-order valence-electron chi connectivity index (χ4n) is 2.33. The van der Waals surface area contributed by atoms with Gasteiger partial charge in [0.25, 0.3) is 10.0 Å². The van der Waals surface area contributed by atoms with Gasteiger partial charge < -0.3 is 0 Å². The van der Waals surface area contributed by atoms with Gasteiger partial charge in [0.05, 0.1) is 11.4 Å². The average Bonchev–Trinajstić information content (AvgIpc) is 2.47. The minimum Gasteiger partial charge on any atom is -0.267 e. The number of hydrogen-bond donors (Lipinski definition) is 1. The molecule has 0 spiro atoms. The minimum atomic E-state index is -3.58.